The Bertz CT molecular complexity index is 2600. The van der Waals surface area contributed by atoms with E-state index >= 15 is 0 Å². The number of rotatable bonds is 18. The van der Waals surface area contributed by atoms with Crippen LogP contribution in [0.5, 0.6) is 5.75 Å². The fourth-order valence-electron chi connectivity index (χ4n) is 10.5. The number of likely N-dealkylation sites (tertiary alicyclic amines) is 2. The average molecular weight is 950 g/mol. The second-order valence-electron chi connectivity index (χ2n) is 19.1. The van der Waals surface area contributed by atoms with Crippen molar-refractivity contribution in [2.75, 3.05) is 65.7 Å². The van der Waals surface area contributed by atoms with Crippen molar-refractivity contribution in [1.82, 2.24) is 40.0 Å². The molecule has 5 aromatic rings. The van der Waals surface area contributed by atoms with Crippen molar-refractivity contribution in [3.63, 3.8) is 0 Å². The zero-order valence-corrected chi connectivity index (χ0v) is 40.8. The molecule has 0 radical (unpaired) electrons. The van der Waals surface area contributed by atoms with E-state index < -0.39 is 24.3 Å². The summed E-state index contributed by atoms with van der Waals surface area (Å²) in [5, 5.41) is 12.5. The Balaban J connectivity index is 1.07. The molecular weight excluding hydrogens is 883 g/mol. The fourth-order valence-corrected chi connectivity index (χ4v) is 10.5. The number of aromatic amines is 2. The Labute approximate surface area is 403 Å². The summed E-state index contributed by atoms with van der Waals surface area (Å²) >= 11 is 0. The van der Waals surface area contributed by atoms with Crippen LogP contribution in [0.25, 0.3) is 22.1 Å². The second kappa shape index (κ2) is 21.5. The maximum Gasteiger partial charge on any atom is 0.407 e. The summed E-state index contributed by atoms with van der Waals surface area (Å²) in [5.41, 5.74) is 6.64. The average Bonchev–Trinajstić information content (AvgIpc) is 4.20. The van der Waals surface area contributed by atoms with E-state index in [0.717, 1.165) is 93.9 Å². The zero-order valence-electron chi connectivity index (χ0n) is 40.8. The van der Waals surface area contributed by atoms with Gasteiger partial charge in [-0.05, 0) is 110 Å². The van der Waals surface area contributed by atoms with E-state index in [2.05, 4.69) is 62.6 Å². The molecule has 0 unspecified atom stereocenters. The van der Waals surface area contributed by atoms with E-state index in [0.29, 0.717) is 45.3 Å². The third-order valence-corrected chi connectivity index (χ3v) is 14.0. The molecule has 3 saturated heterocycles. The predicted octanol–water partition coefficient (Wildman–Crippen LogP) is 7.91. The highest BCUT2D eigenvalue weighted by Gasteiger charge is 2.41. The smallest absolute Gasteiger partial charge is 0.407 e. The quantitative estimate of drug-likeness (QED) is 0.0619. The van der Waals surface area contributed by atoms with E-state index in [4.69, 9.17) is 28.9 Å². The topological polar surface area (TPSA) is 208 Å². The molecule has 4 N–H and O–H groups in total. The molecule has 3 aromatic carbocycles. The van der Waals surface area contributed by atoms with Crippen molar-refractivity contribution in [3.05, 3.63) is 83.4 Å². The predicted molar refractivity (Wildman–Crippen MR) is 260 cm³/mol. The Morgan fingerprint density at radius 2 is 1.28 bits per heavy atom. The summed E-state index contributed by atoms with van der Waals surface area (Å²) in [4.78, 5) is 76.4. The lowest BCUT2D eigenvalue weighted by Crippen LogP contribution is -2.51. The monoisotopic (exact) mass is 950 g/mol. The highest BCUT2D eigenvalue weighted by atomic mass is 16.5. The third-order valence-electron chi connectivity index (χ3n) is 14.0. The van der Waals surface area contributed by atoms with Gasteiger partial charge in [-0.15, -0.1) is 0 Å². The van der Waals surface area contributed by atoms with Gasteiger partial charge in [-0.3, -0.25) is 14.5 Å². The number of nitrogens with zero attached hydrogens (tertiary/aromatic N) is 6. The molecular formula is C51H67N9O9. The number of fused-ring (bicyclic) bond motifs is 2. The maximum absolute atomic E-state index is 14.0. The number of carbonyl (C=O) groups is 4. The Morgan fingerprint density at radius 1 is 0.725 bits per heavy atom. The van der Waals surface area contributed by atoms with E-state index in [1.165, 1.54) is 14.2 Å². The SMILES string of the molecule is COCCOCCOc1ccc(N2[C@@H](c3ccc4nc([C@@H]5CCCN5C(=O)[C@@H](NC(=O)OC)C(C)C)[nH]c4c3)CC[C@@H]2c2ccc3nc([C@@H]4CCCN4C(=O)[C@H](C(C)C)N(C)C(=O)O)[nH]c3c2)cc1. The lowest BCUT2D eigenvalue weighted by atomic mass is 10.0. The van der Waals surface area contributed by atoms with Gasteiger partial charge in [-0.25, -0.2) is 19.6 Å². The minimum absolute atomic E-state index is 0.00298. The van der Waals surface area contributed by atoms with Crippen LogP contribution >= 0.6 is 0 Å². The van der Waals surface area contributed by atoms with E-state index in [9.17, 15) is 24.3 Å². The Kier molecular flexibility index (Phi) is 15.3. The van der Waals surface area contributed by atoms with Crippen molar-refractivity contribution >= 4 is 51.8 Å². The van der Waals surface area contributed by atoms with Crippen LogP contribution in [0.15, 0.2) is 60.7 Å². The third kappa shape index (κ3) is 10.5. The largest absolute Gasteiger partial charge is 0.491 e. The molecule has 0 aliphatic carbocycles. The van der Waals surface area contributed by atoms with Crippen molar-refractivity contribution in [3.8, 4) is 5.75 Å². The first-order valence-corrected chi connectivity index (χ1v) is 24.3. The zero-order chi connectivity index (χ0) is 48.9. The van der Waals surface area contributed by atoms with Gasteiger partial charge in [-0.2, -0.15) is 0 Å². The standard InChI is InChI=1S/C51H67N9O9/c1-30(2)44(56-50(63)67-7)48(61)58-22-8-10-42(58)46-52-36-18-12-32(28-38(36)54-46)40-20-21-41(60(40)34-14-16-35(17-15-34)69-27-26-68-25-24-66-6)33-13-19-37-39(29-33)55-47(53-37)43-11-9-23-59(43)49(62)45(31(3)4)57(5)51(64)65/h12-19,28-31,40-45H,8-11,20-27H2,1-7H3,(H,52,54)(H,53,55)(H,56,63)(H,64,65)/t40-,41-,42+,43+,44+,45+/m1/s1. The van der Waals surface area contributed by atoms with Gasteiger partial charge in [0.25, 0.3) is 0 Å². The molecule has 4 amide bonds. The second-order valence-corrected chi connectivity index (χ2v) is 19.1. The van der Waals surface area contributed by atoms with Gasteiger partial charge in [0, 0.05) is 32.9 Å². The van der Waals surface area contributed by atoms with Crippen LogP contribution in [0.1, 0.15) is 113 Å². The van der Waals surface area contributed by atoms with Crippen LogP contribution in [-0.2, 0) is 23.8 Å². The number of anilines is 1. The number of hydrogen-bond acceptors (Lipinski definition) is 11. The number of imidazole rings is 2. The highest BCUT2D eigenvalue weighted by molar-refractivity contribution is 5.87. The van der Waals surface area contributed by atoms with Gasteiger partial charge < -0.3 is 54.0 Å². The number of ether oxygens (including phenoxy) is 4. The summed E-state index contributed by atoms with van der Waals surface area (Å²) in [7, 11) is 4.40. The molecule has 8 rings (SSSR count). The molecule has 370 valence electrons. The van der Waals surface area contributed by atoms with Crippen LogP contribution in [0, 0.1) is 11.8 Å². The van der Waals surface area contributed by atoms with Crippen LogP contribution in [0.4, 0.5) is 15.3 Å². The van der Waals surface area contributed by atoms with Gasteiger partial charge in [0.05, 0.1) is 73.2 Å². The molecule has 0 spiro atoms. The van der Waals surface area contributed by atoms with Crippen molar-refractivity contribution in [1.29, 1.82) is 0 Å². The van der Waals surface area contributed by atoms with E-state index in [-0.39, 0.29) is 47.8 Å². The van der Waals surface area contributed by atoms with Crippen LogP contribution in [-0.4, -0.2) is 137 Å². The molecule has 2 aromatic heterocycles. The lowest BCUT2D eigenvalue weighted by molar-refractivity contribution is -0.138. The lowest BCUT2D eigenvalue weighted by Gasteiger charge is -2.33. The van der Waals surface area contributed by atoms with E-state index in [1.54, 1.807) is 12.0 Å². The molecule has 18 heteroatoms. The molecule has 6 atom stereocenters. The summed E-state index contributed by atoms with van der Waals surface area (Å²) in [6.45, 7) is 10.6. The first kappa shape index (κ1) is 49.0. The molecule has 69 heavy (non-hydrogen) atoms. The molecule has 3 aliphatic rings. The van der Waals surface area contributed by atoms with Crippen molar-refractivity contribution < 1.29 is 43.2 Å². The Morgan fingerprint density at radius 3 is 1.78 bits per heavy atom. The number of H-pyrrole nitrogens is 2. The first-order valence-electron chi connectivity index (χ1n) is 24.3. The summed E-state index contributed by atoms with van der Waals surface area (Å²) in [5.74, 6) is 1.46. The molecule has 5 heterocycles. The fraction of sp³-hybridized carbons (Fsp3) is 0.529. The van der Waals surface area contributed by atoms with Gasteiger partial charge >= 0.3 is 12.2 Å². The number of likely N-dealkylation sites (N-methyl/N-ethyl adjacent to an activating group) is 1. The molecule has 3 aliphatic heterocycles. The first-order chi connectivity index (χ1) is 33.3. The van der Waals surface area contributed by atoms with Gasteiger partial charge in [0.15, 0.2) is 0 Å². The van der Waals surface area contributed by atoms with E-state index in [1.807, 2.05) is 50.8 Å². The number of amides is 4. The number of benzene rings is 3. The molecule has 0 bridgehead atoms. The van der Waals surface area contributed by atoms with Gasteiger partial charge in [-0.1, -0.05) is 39.8 Å². The minimum atomic E-state index is -1.13. The number of hydrogen-bond donors (Lipinski definition) is 4. The minimum Gasteiger partial charge on any atom is -0.491 e. The number of alkyl carbamates (subject to hydrolysis) is 1. The van der Waals surface area contributed by atoms with Crippen LogP contribution in [0.3, 0.4) is 0 Å². The molecule has 0 saturated carbocycles. The van der Waals surface area contributed by atoms with Gasteiger partial charge in [0.2, 0.25) is 11.8 Å². The molecule has 3 fully saturated rings. The highest BCUT2D eigenvalue weighted by Crippen LogP contribution is 2.48. The molecule has 18 nitrogen and oxygen atoms in total. The summed E-state index contributed by atoms with van der Waals surface area (Å²) in [6.07, 6.45) is 3.07. The van der Waals surface area contributed by atoms with Crippen LogP contribution < -0.4 is 15.0 Å². The summed E-state index contributed by atoms with van der Waals surface area (Å²) in [6, 6.07) is 18.9. The van der Waals surface area contributed by atoms with Crippen molar-refractivity contribution in [2.45, 2.75) is 102 Å². The number of nitrogens with one attached hydrogen (secondary N) is 3. The maximum atomic E-state index is 14.0. The number of carboxylic acid groups (broad SMARTS) is 1. The number of carbonyl (C=O) groups excluding carboxylic acids is 3. The normalized spacial score (nSPS) is 20.3. The van der Waals surface area contributed by atoms with Crippen molar-refractivity contribution in [2.24, 2.45) is 11.8 Å². The number of methoxy groups -OCH3 is 2. The summed E-state index contributed by atoms with van der Waals surface area (Å²) < 4.78 is 21.6. The Hall–Kier alpha value is -6.40. The van der Waals surface area contributed by atoms with Crippen LogP contribution in [0.2, 0.25) is 0 Å². The van der Waals surface area contributed by atoms with Gasteiger partial charge in [0.1, 0.15) is 36.1 Å². The number of aromatic nitrogens is 4.